The molecule has 0 bridgehead atoms. The zero-order valence-electron chi connectivity index (χ0n) is 32.2. The first-order chi connectivity index (χ1) is 27.9. The zero-order valence-corrected chi connectivity index (χ0v) is 33.0. The van der Waals surface area contributed by atoms with Crippen molar-refractivity contribution in [3.63, 3.8) is 0 Å². The molecule has 2 amide bonds. The summed E-state index contributed by atoms with van der Waals surface area (Å²) in [6.45, 7) is 9.63. The summed E-state index contributed by atoms with van der Waals surface area (Å²) in [5.74, 6) is 0.976. The number of piperidine rings is 3. The van der Waals surface area contributed by atoms with Crippen LogP contribution in [0.5, 0.6) is 0 Å². The highest BCUT2D eigenvalue weighted by Crippen LogP contribution is 2.36. The molecule has 57 heavy (non-hydrogen) atoms. The monoisotopic (exact) mass is 785 g/mol. The molecule has 4 aliphatic heterocycles. The van der Waals surface area contributed by atoms with Crippen molar-refractivity contribution in [1.29, 1.82) is 5.26 Å². The fourth-order valence-corrected chi connectivity index (χ4v) is 9.85. The van der Waals surface area contributed by atoms with E-state index in [-0.39, 0.29) is 17.7 Å². The largest absolute Gasteiger partial charge is 0.387 e. The summed E-state index contributed by atoms with van der Waals surface area (Å²) >= 11 is 1.62. The Kier molecular flexibility index (Phi) is 10.5. The lowest BCUT2D eigenvalue weighted by Crippen LogP contribution is -2.54. The van der Waals surface area contributed by atoms with Gasteiger partial charge in [0.1, 0.15) is 11.9 Å². The minimum absolute atomic E-state index is 0.189. The fraction of sp³-hybridized carbons (Fsp3) is 0.463. The normalized spacial score (nSPS) is 20.5. The minimum atomic E-state index is -0.292. The van der Waals surface area contributed by atoms with Crippen molar-refractivity contribution >= 4 is 45.3 Å². The first kappa shape index (κ1) is 37.1. The van der Waals surface area contributed by atoms with Crippen molar-refractivity contribution in [2.24, 2.45) is 5.92 Å². The Morgan fingerprint density at radius 2 is 1.68 bits per heavy atom. The van der Waals surface area contributed by atoms with Crippen molar-refractivity contribution in [1.82, 2.24) is 44.9 Å². The van der Waals surface area contributed by atoms with Crippen molar-refractivity contribution in [3.8, 4) is 28.0 Å². The lowest BCUT2D eigenvalue weighted by atomic mass is 9.91. The van der Waals surface area contributed by atoms with Gasteiger partial charge in [-0.15, -0.1) is 10.2 Å². The number of hydrogen-bond donors (Lipinski definition) is 2. The van der Waals surface area contributed by atoms with E-state index < -0.39 is 0 Å². The Morgan fingerprint density at radius 1 is 0.877 bits per heavy atom. The van der Waals surface area contributed by atoms with E-state index >= 15 is 0 Å². The summed E-state index contributed by atoms with van der Waals surface area (Å²) in [5, 5.41) is 30.5. The summed E-state index contributed by atoms with van der Waals surface area (Å²) in [7, 11) is 1.90. The number of carbonyl (C=O) groups is 2. The van der Waals surface area contributed by atoms with Crippen LogP contribution < -0.4 is 20.4 Å². The van der Waals surface area contributed by atoms with Crippen molar-refractivity contribution in [3.05, 3.63) is 66.1 Å². The van der Waals surface area contributed by atoms with Gasteiger partial charge < -0.3 is 20.0 Å². The lowest BCUT2D eigenvalue weighted by molar-refractivity contribution is -0.134. The van der Waals surface area contributed by atoms with Crippen LogP contribution in [0.3, 0.4) is 0 Å². The van der Waals surface area contributed by atoms with E-state index in [1.165, 1.54) is 6.54 Å². The second-order valence-corrected chi connectivity index (χ2v) is 16.6. The number of carbonyl (C=O) groups excluding carboxylic acids is 2. The maximum Gasteiger partial charge on any atom is 0.234 e. The van der Waals surface area contributed by atoms with E-state index in [4.69, 9.17) is 9.97 Å². The summed E-state index contributed by atoms with van der Waals surface area (Å²) in [6, 6.07) is 14.5. The average molecular weight is 786 g/mol. The van der Waals surface area contributed by atoms with E-state index in [0.29, 0.717) is 30.4 Å². The number of nitriles is 1. The molecule has 1 unspecified atom stereocenters. The van der Waals surface area contributed by atoms with Gasteiger partial charge in [-0.05, 0) is 73.9 Å². The smallest absolute Gasteiger partial charge is 0.234 e. The quantitative estimate of drug-likeness (QED) is 0.204. The van der Waals surface area contributed by atoms with Crippen molar-refractivity contribution in [2.75, 3.05) is 81.1 Å². The second kappa shape index (κ2) is 16.2. The Bertz CT molecular complexity index is 2280. The molecule has 0 aliphatic carbocycles. The van der Waals surface area contributed by atoms with Crippen LogP contribution in [-0.2, 0) is 9.59 Å². The Hall–Kier alpha value is -5.50. The van der Waals surface area contributed by atoms with Crippen LogP contribution in [0, 0.1) is 17.2 Å². The van der Waals surface area contributed by atoms with Crippen molar-refractivity contribution in [2.45, 2.75) is 50.5 Å². The fourth-order valence-electron chi connectivity index (χ4n) is 8.92. The SMILES string of the molecule is CNc1cc(-c2ccc3cc(C#N)cnn23)ncc1-c1nnc(N2CCC(N3CCN(CC4CCN(c5ccc(C6CCC(=O)NC6=O)cn5)CC4)CC3)CC2)s1. The Balaban J connectivity index is 0.725. The van der Waals surface area contributed by atoms with Gasteiger partial charge >= 0.3 is 0 Å². The highest BCUT2D eigenvalue weighted by atomic mass is 32.1. The molecular formula is C41H47N13O2S. The third-order valence-electron chi connectivity index (χ3n) is 12.2. The van der Waals surface area contributed by atoms with Gasteiger partial charge in [-0.3, -0.25) is 24.8 Å². The molecule has 5 aromatic heterocycles. The molecule has 4 aliphatic rings. The standard InChI is InChI=1S/C41H47N13O2S/c1-43-34-21-35(36-5-3-31-20-28(22-42)23-46-54(31)36)44-25-33(34)40-48-49-41(57-40)53-14-10-30(11-15-53)51-18-16-50(17-19-51)26-27-8-12-52(13-9-27)37-6-2-29(24-45-37)32-4-7-38(55)47-39(32)56/h2-3,5-6,20-21,23-25,27,30,32H,4,7-19,26H2,1H3,(H,43,44)(H,47,55,56). The van der Waals surface area contributed by atoms with E-state index in [1.807, 2.05) is 55.8 Å². The van der Waals surface area contributed by atoms with Gasteiger partial charge in [0.15, 0.2) is 5.01 Å². The van der Waals surface area contributed by atoms with Crippen LogP contribution in [0.1, 0.15) is 55.6 Å². The molecule has 0 spiro atoms. The van der Waals surface area contributed by atoms with E-state index in [2.05, 4.69) is 51.6 Å². The van der Waals surface area contributed by atoms with Gasteiger partial charge in [-0.1, -0.05) is 17.4 Å². The highest BCUT2D eigenvalue weighted by Gasteiger charge is 2.31. The van der Waals surface area contributed by atoms with Crippen molar-refractivity contribution < 1.29 is 9.59 Å². The molecule has 16 heteroatoms. The summed E-state index contributed by atoms with van der Waals surface area (Å²) in [4.78, 5) is 43.4. The molecule has 0 radical (unpaired) electrons. The number of nitrogens with one attached hydrogen (secondary N) is 2. The van der Waals surface area contributed by atoms with E-state index in [9.17, 15) is 14.9 Å². The molecule has 2 N–H and O–H groups in total. The second-order valence-electron chi connectivity index (χ2n) is 15.6. The number of piperazine rings is 1. The molecule has 0 aromatic carbocycles. The Morgan fingerprint density at radius 3 is 2.42 bits per heavy atom. The number of anilines is 3. The lowest BCUT2D eigenvalue weighted by Gasteiger charge is -2.44. The van der Waals surface area contributed by atoms with E-state index in [0.717, 1.165) is 128 Å². The third-order valence-corrected chi connectivity index (χ3v) is 13.3. The summed E-state index contributed by atoms with van der Waals surface area (Å²) in [5.41, 5.74) is 5.72. The number of rotatable bonds is 9. The number of imide groups is 1. The van der Waals surface area contributed by atoms with Crippen LogP contribution in [0.4, 0.5) is 16.6 Å². The van der Waals surface area contributed by atoms with Crippen LogP contribution >= 0.6 is 11.3 Å². The van der Waals surface area contributed by atoms with Crippen LogP contribution in [-0.4, -0.2) is 123 Å². The molecular weight excluding hydrogens is 739 g/mol. The molecule has 5 aromatic rings. The van der Waals surface area contributed by atoms with Crippen LogP contribution in [0.25, 0.3) is 27.5 Å². The minimum Gasteiger partial charge on any atom is -0.387 e. The van der Waals surface area contributed by atoms with E-state index in [1.54, 1.807) is 22.0 Å². The van der Waals surface area contributed by atoms with Crippen LogP contribution in [0.15, 0.2) is 55.0 Å². The zero-order chi connectivity index (χ0) is 38.9. The first-order valence-corrected chi connectivity index (χ1v) is 20.9. The summed E-state index contributed by atoms with van der Waals surface area (Å²) in [6.07, 6.45) is 10.7. The molecule has 294 valence electrons. The molecule has 9 rings (SSSR count). The van der Waals surface area contributed by atoms with Gasteiger partial charge in [0.25, 0.3) is 0 Å². The number of hydrogen-bond acceptors (Lipinski definition) is 14. The molecule has 4 saturated heterocycles. The highest BCUT2D eigenvalue weighted by molar-refractivity contribution is 7.18. The average Bonchev–Trinajstić information content (AvgIpc) is 3.92. The van der Waals surface area contributed by atoms with Gasteiger partial charge in [0, 0.05) is 96.5 Å². The molecule has 15 nitrogen and oxygen atoms in total. The number of nitrogens with zero attached hydrogens (tertiary/aromatic N) is 11. The molecule has 4 fully saturated rings. The van der Waals surface area contributed by atoms with Gasteiger partial charge in [-0.25, -0.2) is 9.50 Å². The molecule has 9 heterocycles. The topological polar surface area (TPSA) is 164 Å². The third kappa shape index (κ3) is 7.79. The number of aromatic nitrogens is 6. The first-order valence-electron chi connectivity index (χ1n) is 20.1. The Labute approximate surface area is 335 Å². The predicted octanol–water partition coefficient (Wildman–Crippen LogP) is 4.25. The molecule has 0 saturated carbocycles. The van der Waals surface area contributed by atoms with Gasteiger partial charge in [-0.2, -0.15) is 10.4 Å². The number of amides is 2. The van der Waals surface area contributed by atoms with Crippen LogP contribution in [0.2, 0.25) is 0 Å². The predicted molar refractivity (Wildman–Crippen MR) is 219 cm³/mol. The number of fused-ring (bicyclic) bond motifs is 1. The number of pyridine rings is 2. The van der Waals surface area contributed by atoms with Gasteiger partial charge in [0.2, 0.25) is 16.9 Å². The maximum absolute atomic E-state index is 12.3. The molecule has 1 atom stereocenters. The van der Waals surface area contributed by atoms with Gasteiger partial charge in [0.05, 0.1) is 40.1 Å². The maximum atomic E-state index is 12.3. The summed E-state index contributed by atoms with van der Waals surface area (Å²) < 4.78 is 1.80.